The Labute approximate surface area is 153 Å². The molecule has 3 rings (SSSR count). The Bertz CT molecular complexity index is 723. The highest BCUT2D eigenvalue weighted by Crippen LogP contribution is 2.29. The minimum atomic E-state index is -3.46. The number of nitrogens with one attached hydrogen (secondary N) is 2. The van der Waals surface area contributed by atoms with Crippen LogP contribution in [-0.2, 0) is 14.8 Å². The lowest BCUT2D eigenvalue weighted by Crippen LogP contribution is -2.26. The number of hydrogen-bond acceptors (Lipinski definition) is 4. The molecule has 25 heavy (non-hydrogen) atoms. The Balaban J connectivity index is 0.00000225. The largest absolute Gasteiger partial charge is 0.326 e. The standard InChI is InChI=1S/C16H22FN3O3S.ClH/c17-14-4-3-13(10-15(14)20-8-1-9-24(20,22)23)19-16(21)5-2-12-6-7-18-11-12;/h3-4,10,12,18H,1-2,5-9,11H2,(H,19,21);1H. The Morgan fingerprint density at radius 3 is 2.84 bits per heavy atom. The molecule has 1 amide bonds. The monoisotopic (exact) mass is 391 g/mol. The molecule has 0 aromatic heterocycles. The molecular formula is C16H23ClFN3O3S. The second kappa shape index (κ2) is 8.33. The van der Waals surface area contributed by atoms with Crippen LogP contribution in [0.15, 0.2) is 18.2 Å². The summed E-state index contributed by atoms with van der Waals surface area (Å²) in [6.07, 6.45) is 2.78. The first-order valence-corrected chi connectivity index (χ1v) is 9.87. The number of hydrogen-bond donors (Lipinski definition) is 2. The van der Waals surface area contributed by atoms with E-state index in [2.05, 4.69) is 10.6 Å². The Morgan fingerprint density at radius 1 is 1.40 bits per heavy atom. The molecule has 1 unspecified atom stereocenters. The summed E-state index contributed by atoms with van der Waals surface area (Å²) >= 11 is 0. The number of benzene rings is 1. The number of anilines is 2. The van der Waals surface area contributed by atoms with Crippen LogP contribution in [0.3, 0.4) is 0 Å². The highest BCUT2D eigenvalue weighted by molar-refractivity contribution is 7.93. The number of carbonyl (C=O) groups is 1. The van der Waals surface area contributed by atoms with Crippen LogP contribution in [0, 0.1) is 11.7 Å². The molecule has 6 nitrogen and oxygen atoms in total. The van der Waals surface area contributed by atoms with Gasteiger partial charge in [0, 0.05) is 18.7 Å². The third-order valence-electron chi connectivity index (χ3n) is 4.54. The minimum absolute atomic E-state index is 0. The van der Waals surface area contributed by atoms with E-state index in [0.29, 0.717) is 24.4 Å². The van der Waals surface area contributed by atoms with Gasteiger partial charge in [0.25, 0.3) is 0 Å². The van der Waals surface area contributed by atoms with Crippen molar-refractivity contribution in [1.82, 2.24) is 5.32 Å². The van der Waals surface area contributed by atoms with Gasteiger partial charge in [0.2, 0.25) is 15.9 Å². The van der Waals surface area contributed by atoms with Crippen molar-refractivity contribution >= 4 is 39.7 Å². The number of amides is 1. The maximum atomic E-state index is 14.0. The summed E-state index contributed by atoms with van der Waals surface area (Å²) in [5, 5.41) is 6.00. The minimum Gasteiger partial charge on any atom is -0.326 e. The van der Waals surface area contributed by atoms with E-state index in [1.165, 1.54) is 18.2 Å². The maximum absolute atomic E-state index is 14.0. The summed E-state index contributed by atoms with van der Waals surface area (Å²) in [7, 11) is -3.46. The molecule has 0 radical (unpaired) electrons. The summed E-state index contributed by atoms with van der Waals surface area (Å²) in [5.41, 5.74) is 0.424. The molecule has 2 N–H and O–H groups in total. The molecular weight excluding hydrogens is 369 g/mol. The van der Waals surface area contributed by atoms with Gasteiger partial charge in [0.15, 0.2) is 0 Å². The van der Waals surface area contributed by atoms with Crippen molar-refractivity contribution in [3.63, 3.8) is 0 Å². The number of rotatable bonds is 5. The second-order valence-corrected chi connectivity index (χ2v) is 8.37. The summed E-state index contributed by atoms with van der Waals surface area (Å²) in [6.45, 7) is 2.21. The van der Waals surface area contributed by atoms with Gasteiger partial charge in [0.05, 0.1) is 11.4 Å². The third kappa shape index (κ3) is 4.83. The molecule has 9 heteroatoms. The summed E-state index contributed by atoms with van der Waals surface area (Å²) in [4.78, 5) is 12.1. The average molecular weight is 392 g/mol. The lowest BCUT2D eigenvalue weighted by molar-refractivity contribution is -0.116. The van der Waals surface area contributed by atoms with E-state index in [0.717, 1.165) is 30.2 Å². The smallest absolute Gasteiger partial charge is 0.235 e. The van der Waals surface area contributed by atoms with Crippen LogP contribution in [0.2, 0.25) is 0 Å². The molecule has 1 aromatic rings. The fourth-order valence-electron chi connectivity index (χ4n) is 3.21. The number of carbonyl (C=O) groups excluding carboxylic acids is 1. The fraction of sp³-hybridized carbons (Fsp3) is 0.562. The Kier molecular flexibility index (Phi) is 6.65. The van der Waals surface area contributed by atoms with Crippen LogP contribution in [0.5, 0.6) is 0 Å². The first kappa shape index (κ1) is 19.9. The van der Waals surface area contributed by atoms with E-state index in [4.69, 9.17) is 0 Å². The van der Waals surface area contributed by atoms with Gasteiger partial charge in [-0.3, -0.25) is 9.10 Å². The van der Waals surface area contributed by atoms with Crippen LogP contribution in [0.4, 0.5) is 15.8 Å². The second-order valence-electron chi connectivity index (χ2n) is 6.35. The van der Waals surface area contributed by atoms with Crippen molar-refractivity contribution in [3.8, 4) is 0 Å². The number of halogens is 2. The summed E-state index contributed by atoms with van der Waals surface area (Å²) < 4.78 is 39.0. The van der Waals surface area contributed by atoms with Crippen LogP contribution in [0.1, 0.15) is 25.7 Å². The van der Waals surface area contributed by atoms with E-state index < -0.39 is 15.8 Å². The zero-order chi connectivity index (χ0) is 17.2. The van der Waals surface area contributed by atoms with E-state index in [-0.39, 0.29) is 36.3 Å². The van der Waals surface area contributed by atoms with E-state index in [1.54, 1.807) is 0 Å². The maximum Gasteiger partial charge on any atom is 0.235 e. The first-order chi connectivity index (χ1) is 11.5. The van der Waals surface area contributed by atoms with Crippen LogP contribution in [0.25, 0.3) is 0 Å². The summed E-state index contributed by atoms with van der Waals surface area (Å²) in [6, 6.07) is 4.05. The van der Waals surface area contributed by atoms with Crippen molar-refractivity contribution in [2.45, 2.75) is 25.7 Å². The van der Waals surface area contributed by atoms with Crippen molar-refractivity contribution in [2.24, 2.45) is 5.92 Å². The summed E-state index contributed by atoms with van der Waals surface area (Å²) in [5.74, 6) is -0.188. The molecule has 140 valence electrons. The van der Waals surface area contributed by atoms with Crippen molar-refractivity contribution in [2.75, 3.05) is 35.0 Å². The fourth-order valence-corrected chi connectivity index (χ4v) is 4.77. The van der Waals surface area contributed by atoms with Crippen LogP contribution in [-0.4, -0.2) is 39.7 Å². The van der Waals surface area contributed by atoms with Gasteiger partial charge in [0.1, 0.15) is 5.82 Å². The third-order valence-corrected chi connectivity index (χ3v) is 6.40. The van der Waals surface area contributed by atoms with Crippen LogP contribution < -0.4 is 14.9 Å². The molecule has 1 aromatic carbocycles. The molecule has 0 spiro atoms. The zero-order valence-corrected chi connectivity index (χ0v) is 15.5. The van der Waals surface area contributed by atoms with Gasteiger partial charge in [-0.15, -0.1) is 12.4 Å². The van der Waals surface area contributed by atoms with E-state index in [1.807, 2.05) is 0 Å². The normalized spacial score (nSPS) is 21.8. The lowest BCUT2D eigenvalue weighted by Gasteiger charge is -2.18. The van der Waals surface area contributed by atoms with Gasteiger partial charge in [-0.2, -0.15) is 0 Å². The van der Waals surface area contributed by atoms with Gasteiger partial charge in [-0.05, 0) is 56.5 Å². The zero-order valence-electron chi connectivity index (χ0n) is 13.8. The van der Waals surface area contributed by atoms with Crippen molar-refractivity contribution in [3.05, 3.63) is 24.0 Å². The van der Waals surface area contributed by atoms with Crippen LogP contribution >= 0.6 is 12.4 Å². The SMILES string of the molecule is Cl.O=C(CCC1CCNC1)Nc1ccc(F)c(N2CCCS2(=O)=O)c1. The Morgan fingerprint density at radius 2 is 2.20 bits per heavy atom. The molecule has 0 aliphatic carbocycles. The highest BCUT2D eigenvalue weighted by atomic mass is 35.5. The number of nitrogens with zero attached hydrogens (tertiary/aromatic N) is 1. The van der Waals surface area contributed by atoms with Gasteiger partial charge < -0.3 is 10.6 Å². The molecule has 1 atom stereocenters. The van der Waals surface area contributed by atoms with Crippen molar-refractivity contribution < 1.29 is 17.6 Å². The van der Waals surface area contributed by atoms with Gasteiger partial charge >= 0.3 is 0 Å². The van der Waals surface area contributed by atoms with Crippen molar-refractivity contribution in [1.29, 1.82) is 0 Å². The molecule has 2 aliphatic rings. The molecule has 2 heterocycles. The highest BCUT2D eigenvalue weighted by Gasteiger charge is 2.30. The molecule has 0 bridgehead atoms. The van der Waals surface area contributed by atoms with Gasteiger partial charge in [-0.25, -0.2) is 12.8 Å². The van der Waals surface area contributed by atoms with Gasteiger partial charge in [-0.1, -0.05) is 0 Å². The van der Waals surface area contributed by atoms with E-state index in [9.17, 15) is 17.6 Å². The topological polar surface area (TPSA) is 78.5 Å². The quantitative estimate of drug-likeness (QED) is 0.805. The molecule has 2 aliphatic heterocycles. The van der Waals surface area contributed by atoms with E-state index >= 15 is 0 Å². The molecule has 0 saturated carbocycles. The first-order valence-electron chi connectivity index (χ1n) is 8.26. The predicted octanol–water partition coefficient (Wildman–Crippen LogP) is 2.12. The molecule has 2 saturated heterocycles. The predicted molar refractivity (Wildman–Crippen MR) is 98.2 cm³/mol. The number of sulfonamides is 1. The lowest BCUT2D eigenvalue weighted by atomic mass is 10.0. The average Bonchev–Trinajstić information content (AvgIpc) is 3.16. The Hall–Kier alpha value is -1.38. The molecule has 2 fully saturated rings.